The largest absolute Gasteiger partial charge is 0.395 e. The van der Waals surface area contributed by atoms with E-state index in [1.165, 1.54) is 0 Å². The average molecular weight is 302 g/mol. The molecule has 1 aromatic carbocycles. The number of rotatable bonds is 5. The summed E-state index contributed by atoms with van der Waals surface area (Å²) in [5.41, 5.74) is 0.990. The van der Waals surface area contributed by atoms with Crippen LogP contribution in [-0.4, -0.2) is 35.6 Å². The molecule has 1 aliphatic rings. The van der Waals surface area contributed by atoms with Crippen molar-refractivity contribution in [2.24, 2.45) is 5.92 Å². The molecule has 0 saturated heterocycles. The lowest BCUT2D eigenvalue weighted by atomic mass is 10.1. The van der Waals surface area contributed by atoms with Gasteiger partial charge in [0.05, 0.1) is 6.61 Å². The van der Waals surface area contributed by atoms with E-state index in [1.54, 1.807) is 17.0 Å². The Morgan fingerprint density at radius 2 is 2.21 bits per heavy atom. The van der Waals surface area contributed by atoms with Crippen LogP contribution in [-0.2, 0) is 4.79 Å². The van der Waals surface area contributed by atoms with E-state index in [4.69, 9.17) is 28.3 Å². The molecule has 1 aliphatic carbocycles. The van der Waals surface area contributed by atoms with E-state index >= 15 is 0 Å². The standard InChI is InChI=1S/C14H17Cl2NO2/c1-2-17(5-6-18)14(19)12-8-11(12)10-4-3-9(15)7-13(10)16/h3-4,7,11-12,18H,2,5-6,8H2,1H3. The van der Waals surface area contributed by atoms with Crippen LogP contribution in [0.1, 0.15) is 24.8 Å². The summed E-state index contributed by atoms with van der Waals surface area (Å²) in [4.78, 5) is 13.9. The van der Waals surface area contributed by atoms with Crippen LogP contribution in [0.2, 0.25) is 10.0 Å². The predicted octanol–water partition coefficient (Wildman–Crippen LogP) is 2.94. The number of hydrogen-bond acceptors (Lipinski definition) is 2. The highest BCUT2D eigenvalue weighted by atomic mass is 35.5. The first kappa shape index (κ1) is 14.6. The van der Waals surface area contributed by atoms with Crippen LogP contribution in [0.25, 0.3) is 0 Å². The van der Waals surface area contributed by atoms with Crippen LogP contribution in [0, 0.1) is 5.92 Å². The van der Waals surface area contributed by atoms with Gasteiger partial charge in [0, 0.05) is 29.1 Å². The zero-order valence-corrected chi connectivity index (χ0v) is 12.3. The molecule has 0 heterocycles. The van der Waals surface area contributed by atoms with Crippen molar-refractivity contribution in [1.82, 2.24) is 4.90 Å². The summed E-state index contributed by atoms with van der Waals surface area (Å²) < 4.78 is 0. The molecule has 3 nitrogen and oxygen atoms in total. The molecule has 0 bridgehead atoms. The van der Waals surface area contributed by atoms with Crippen LogP contribution in [0.3, 0.4) is 0 Å². The Morgan fingerprint density at radius 1 is 1.47 bits per heavy atom. The highest BCUT2D eigenvalue weighted by Crippen LogP contribution is 2.50. The van der Waals surface area contributed by atoms with Crippen LogP contribution >= 0.6 is 23.2 Å². The summed E-state index contributed by atoms with van der Waals surface area (Å²) >= 11 is 12.0. The van der Waals surface area contributed by atoms with Crippen LogP contribution in [0.4, 0.5) is 0 Å². The molecule has 1 aromatic rings. The zero-order chi connectivity index (χ0) is 14.0. The number of likely N-dealkylation sites (N-methyl/N-ethyl adjacent to an activating group) is 1. The molecule has 104 valence electrons. The fourth-order valence-electron chi connectivity index (χ4n) is 2.39. The van der Waals surface area contributed by atoms with Crippen molar-refractivity contribution in [3.05, 3.63) is 33.8 Å². The van der Waals surface area contributed by atoms with Gasteiger partial charge in [0.25, 0.3) is 0 Å². The predicted molar refractivity (Wildman–Crippen MR) is 76.6 cm³/mol. The van der Waals surface area contributed by atoms with Gasteiger partial charge in [0.1, 0.15) is 0 Å². The number of carbonyl (C=O) groups is 1. The Kier molecular flexibility index (Phi) is 4.71. The van der Waals surface area contributed by atoms with E-state index < -0.39 is 0 Å². The van der Waals surface area contributed by atoms with Gasteiger partial charge >= 0.3 is 0 Å². The van der Waals surface area contributed by atoms with Gasteiger partial charge < -0.3 is 10.0 Å². The molecule has 0 spiro atoms. The molecule has 5 heteroatoms. The van der Waals surface area contributed by atoms with E-state index in [1.807, 2.05) is 13.0 Å². The van der Waals surface area contributed by atoms with Gasteiger partial charge in [-0.3, -0.25) is 4.79 Å². The van der Waals surface area contributed by atoms with E-state index in [-0.39, 0.29) is 24.3 Å². The van der Waals surface area contributed by atoms with E-state index in [9.17, 15) is 4.79 Å². The van der Waals surface area contributed by atoms with Crippen molar-refractivity contribution in [1.29, 1.82) is 0 Å². The summed E-state index contributed by atoms with van der Waals surface area (Å²) in [7, 11) is 0. The minimum absolute atomic E-state index is 0.00132. The molecule has 2 rings (SSSR count). The number of hydrogen-bond donors (Lipinski definition) is 1. The minimum atomic E-state index is -0.00910. The zero-order valence-electron chi connectivity index (χ0n) is 10.8. The van der Waals surface area contributed by atoms with Crippen molar-refractivity contribution in [3.8, 4) is 0 Å². The normalized spacial score (nSPS) is 21.3. The topological polar surface area (TPSA) is 40.5 Å². The highest BCUT2D eigenvalue weighted by Gasteiger charge is 2.46. The minimum Gasteiger partial charge on any atom is -0.395 e. The average Bonchev–Trinajstić information content (AvgIpc) is 3.15. The fourth-order valence-corrected chi connectivity index (χ4v) is 2.94. The molecule has 0 aromatic heterocycles. The summed E-state index contributed by atoms with van der Waals surface area (Å²) in [5.74, 6) is 0.280. The highest BCUT2D eigenvalue weighted by molar-refractivity contribution is 6.35. The Morgan fingerprint density at radius 3 is 2.79 bits per heavy atom. The van der Waals surface area contributed by atoms with Gasteiger partial charge in [-0.2, -0.15) is 0 Å². The number of aliphatic hydroxyl groups excluding tert-OH is 1. The maximum Gasteiger partial charge on any atom is 0.226 e. The van der Waals surface area contributed by atoms with E-state index in [2.05, 4.69) is 0 Å². The maximum absolute atomic E-state index is 12.2. The fraction of sp³-hybridized carbons (Fsp3) is 0.500. The summed E-state index contributed by atoms with van der Waals surface area (Å²) in [5, 5.41) is 10.2. The molecular formula is C14H17Cl2NO2. The molecule has 19 heavy (non-hydrogen) atoms. The SMILES string of the molecule is CCN(CCO)C(=O)C1CC1c1ccc(Cl)cc1Cl. The van der Waals surface area contributed by atoms with E-state index in [0.717, 1.165) is 12.0 Å². The smallest absolute Gasteiger partial charge is 0.226 e. The van der Waals surface area contributed by atoms with Gasteiger partial charge in [-0.1, -0.05) is 29.3 Å². The third kappa shape index (κ3) is 3.22. The van der Waals surface area contributed by atoms with Crippen LogP contribution in [0.5, 0.6) is 0 Å². The Bertz CT molecular complexity index is 479. The maximum atomic E-state index is 12.2. The third-order valence-corrected chi connectivity index (χ3v) is 4.10. The van der Waals surface area contributed by atoms with Crippen molar-refractivity contribution < 1.29 is 9.90 Å². The second-order valence-corrected chi connectivity index (χ2v) is 5.60. The monoisotopic (exact) mass is 301 g/mol. The summed E-state index contributed by atoms with van der Waals surface area (Å²) in [6.45, 7) is 2.93. The molecule has 1 amide bonds. The lowest BCUT2D eigenvalue weighted by Crippen LogP contribution is -2.34. The lowest BCUT2D eigenvalue weighted by Gasteiger charge is -2.19. The number of nitrogens with zero attached hydrogens (tertiary/aromatic N) is 1. The van der Waals surface area contributed by atoms with Crippen LogP contribution < -0.4 is 0 Å². The molecular weight excluding hydrogens is 285 g/mol. The van der Waals surface area contributed by atoms with Gasteiger partial charge in [-0.25, -0.2) is 0 Å². The van der Waals surface area contributed by atoms with Crippen LogP contribution in [0.15, 0.2) is 18.2 Å². The number of halogens is 2. The number of benzene rings is 1. The van der Waals surface area contributed by atoms with Gasteiger partial charge in [-0.15, -0.1) is 0 Å². The number of carbonyl (C=O) groups excluding carboxylic acids is 1. The first-order valence-corrected chi connectivity index (χ1v) is 7.18. The summed E-state index contributed by atoms with van der Waals surface area (Å²) in [6, 6.07) is 5.41. The molecule has 1 saturated carbocycles. The molecule has 2 atom stereocenters. The number of amides is 1. The van der Waals surface area contributed by atoms with Gasteiger partial charge in [-0.05, 0) is 37.0 Å². The number of aliphatic hydroxyl groups is 1. The van der Waals surface area contributed by atoms with Gasteiger partial charge in [0.2, 0.25) is 5.91 Å². The summed E-state index contributed by atoms with van der Waals surface area (Å²) in [6.07, 6.45) is 0.822. The Hall–Kier alpha value is -0.770. The molecule has 1 N–H and O–H groups in total. The third-order valence-electron chi connectivity index (χ3n) is 3.53. The molecule has 0 radical (unpaired) electrons. The quantitative estimate of drug-likeness (QED) is 0.908. The van der Waals surface area contributed by atoms with Crippen molar-refractivity contribution in [2.45, 2.75) is 19.3 Å². The molecule has 2 unspecified atom stereocenters. The first-order valence-electron chi connectivity index (χ1n) is 6.43. The first-order chi connectivity index (χ1) is 9.08. The molecule has 1 fully saturated rings. The lowest BCUT2D eigenvalue weighted by molar-refractivity contribution is -0.133. The van der Waals surface area contributed by atoms with E-state index in [0.29, 0.717) is 23.1 Å². The van der Waals surface area contributed by atoms with Crippen molar-refractivity contribution in [3.63, 3.8) is 0 Å². The van der Waals surface area contributed by atoms with Gasteiger partial charge in [0.15, 0.2) is 0 Å². The van der Waals surface area contributed by atoms with Crippen molar-refractivity contribution in [2.75, 3.05) is 19.7 Å². The van der Waals surface area contributed by atoms with Crippen molar-refractivity contribution >= 4 is 29.1 Å². The Balaban J connectivity index is 2.05. The second kappa shape index (κ2) is 6.12. The second-order valence-electron chi connectivity index (χ2n) is 4.76. The Labute approximate surface area is 123 Å². The molecule has 0 aliphatic heterocycles.